The van der Waals surface area contributed by atoms with Gasteiger partial charge in [-0.1, -0.05) is 12.1 Å². The number of carbonyl (C=O) groups is 2. The quantitative estimate of drug-likeness (QED) is 0.729. The molecule has 1 aliphatic rings. The molecule has 1 aliphatic heterocycles. The average Bonchev–Trinajstić information content (AvgIpc) is 3.03. The number of rotatable bonds is 3. The number of benzene rings is 2. The van der Waals surface area contributed by atoms with Crippen molar-refractivity contribution in [3.8, 4) is 5.69 Å². The summed E-state index contributed by atoms with van der Waals surface area (Å²) in [6, 6.07) is 11.6. The van der Waals surface area contributed by atoms with Crippen molar-refractivity contribution in [2.45, 2.75) is 33.6 Å². The van der Waals surface area contributed by atoms with Crippen molar-refractivity contribution in [3.63, 3.8) is 0 Å². The van der Waals surface area contributed by atoms with Crippen LogP contribution >= 0.6 is 0 Å². The predicted octanol–water partition coefficient (Wildman–Crippen LogP) is 3.93. The van der Waals surface area contributed by atoms with Gasteiger partial charge in [-0.25, -0.2) is 4.68 Å². The van der Waals surface area contributed by atoms with Crippen molar-refractivity contribution in [1.82, 2.24) is 9.78 Å². The van der Waals surface area contributed by atoms with E-state index in [4.69, 9.17) is 0 Å². The van der Waals surface area contributed by atoms with Crippen LogP contribution in [0.1, 0.15) is 39.2 Å². The first kappa shape index (κ1) is 18.0. The van der Waals surface area contributed by atoms with E-state index in [0.29, 0.717) is 24.1 Å². The van der Waals surface area contributed by atoms with Gasteiger partial charge in [-0.3, -0.25) is 9.59 Å². The number of anilines is 2. The van der Waals surface area contributed by atoms with Crippen LogP contribution in [0.5, 0.6) is 0 Å². The summed E-state index contributed by atoms with van der Waals surface area (Å²) in [5.41, 5.74) is 7.15. The number of aromatic nitrogens is 2. The van der Waals surface area contributed by atoms with Gasteiger partial charge >= 0.3 is 0 Å². The van der Waals surface area contributed by atoms with Gasteiger partial charge in [0.25, 0.3) is 5.91 Å². The van der Waals surface area contributed by atoms with Gasteiger partial charge in [-0.2, -0.15) is 5.10 Å². The molecule has 142 valence electrons. The van der Waals surface area contributed by atoms with Gasteiger partial charge < -0.3 is 10.6 Å². The van der Waals surface area contributed by atoms with Gasteiger partial charge in [0.05, 0.1) is 23.3 Å². The third-order valence-corrected chi connectivity index (χ3v) is 5.11. The molecule has 0 unspecified atom stereocenters. The molecule has 6 heteroatoms. The fourth-order valence-electron chi connectivity index (χ4n) is 3.44. The van der Waals surface area contributed by atoms with Gasteiger partial charge in [0, 0.05) is 17.7 Å². The highest BCUT2D eigenvalue weighted by Crippen LogP contribution is 2.25. The number of fused-ring (bicyclic) bond motifs is 1. The average molecular weight is 374 g/mol. The summed E-state index contributed by atoms with van der Waals surface area (Å²) in [5, 5.41) is 10.3. The number of amides is 2. The third kappa shape index (κ3) is 3.29. The van der Waals surface area contributed by atoms with E-state index in [-0.39, 0.29) is 11.8 Å². The van der Waals surface area contributed by atoms with Crippen molar-refractivity contribution in [1.29, 1.82) is 0 Å². The first-order valence-corrected chi connectivity index (χ1v) is 9.29. The second-order valence-corrected chi connectivity index (χ2v) is 7.22. The number of carbonyl (C=O) groups excluding carboxylic acids is 2. The molecule has 4 rings (SSSR count). The zero-order chi connectivity index (χ0) is 19.8. The van der Waals surface area contributed by atoms with Crippen LogP contribution in [0.3, 0.4) is 0 Å². The van der Waals surface area contributed by atoms with Crippen LogP contribution in [0.15, 0.2) is 42.6 Å². The van der Waals surface area contributed by atoms with E-state index in [2.05, 4.69) is 33.9 Å². The van der Waals surface area contributed by atoms with Gasteiger partial charge in [0.2, 0.25) is 5.91 Å². The molecule has 0 aliphatic carbocycles. The summed E-state index contributed by atoms with van der Waals surface area (Å²) in [6.45, 7) is 6.02. The molecule has 0 bridgehead atoms. The van der Waals surface area contributed by atoms with Crippen LogP contribution in [-0.4, -0.2) is 21.6 Å². The normalized spacial score (nSPS) is 13.0. The summed E-state index contributed by atoms with van der Waals surface area (Å²) in [4.78, 5) is 24.2. The molecule has 2 N–H and O–H groups in total. The lowest BCUT2D eigenvalue weighted by atomic mass is 10.00. The Kier molecular flexibility index (Phi) is 4.47. The second kappa shape index (κ2) is 6.96. The molecule has 0 radical (unpaired) electrons. The Morgan fingerprint density at radius 1 is 1.11 bits per heavy atom. The highest BCUT2D eigenvalue weighted by atomic mass is 16.2. The van der Waals surface area contributed by atoms with Crippen molar-refractivity contribution in [2.24, 2.45) is 0 Å². The molecule has 28 heavy (non-hydrogen) atoms. The first-order chi connectivity index (χ1) is 13.4. The van der Waals surface area contributed by atoms with Crippen molar-refractivity contribution >= 4 is 23.2 Å². The van der Waals surface area contributed by atoms with Gasteiger partial charge in [0.15, 0.2) is 0 Å². The maximum absolute atomic E-state index is 12.7. The molecule has 0 spiro atoms. The number of aryl methyl sites for hydroxylation is 3. The van der Waals surface area contributed by atoms with E-state index in [1.54, 1.807) is 18.3 Å². The highest BCUT2D eigenvalue weighted by Gasteiger charge is 2.18. The fourth-order valence-corrected chi connectivity index (χ4v) is 3.44. The molecule has 0 saturated carbocycles. The summed E-state index contributed by atoms with van der Waals surface area (Å²) in [5.74, 6) is -0.178. The van der Waals surface area contributed by atoms with Crippen LogP contribution in [0.2, 0.25) is 0 Å². The third-order valence-electron chi connectivity index (χ3n) is 5.11. The number of hydrogen-bond donors (Lipinski definition) is 2. The Morgan fingerprint density at radius 3 is 2.75 bits per heavy atom. The fraction of sp³-hybridized carbons (Fsp3) is 0.227. The molecular formula is C22H22N4O2. The van der Waals surface area contributed by atoms with E-state index in [1.165, 1.54) is 0 Å². The Bertz CT molecular complexity index is 1100. The number of hydrogen-bond acceptors (Lipinski definition) is 3. The molecule has 2 aromatic carbocycles. The van der Waals surface area contributed by atoms with Crippen molar-refractivity contribution in [2.75, 3.05) is 10.6 Å². The van der Waals surface area contributed by atoms with Gasteiger partial charge in [-0.15, -0.1) is 0 Å². The SMILES string of the molecule is Cc1ccc(C)c(-n2ncc(NC(=O)c3ccc4c(c3)CCC(=O)N4)c2C)c1. The highest BCUT2D eigenvalue weighted by molar-refractivity contribution is 6.05. The van der Waals surface area contributed by atoms with Crippen LogP contribution in [0.25, 0.3) is 5.69 Å². The molecule has 2 amide bonds. The zero-order valence-corrected chi connectivity index (χ0v) is 16.2. The Labute approximate surface area is 163 Å². The Hall–Kier alpha value is -3.41. The summed E-state index contributed by atoms with van der Waals surface area (Å²) in [6.07, 6.45) is 2.76. The van der Waals surface area contributed by atoms with E-state index < -0.39 is 0 Å². The second-order valence-electron chi connectivity index (χ2n) is 7.22. The Balaban J connectivity index is 1.58. The van der Waals surface area contributed by atoms with Crippen LogP contribution in [0.4, 0.5) is 11.4 Å². The smallest absolute Gasteiger partial charge is 0.255 e. The zero-order valence-electron chi connectivity index (χ0n) is 16.2. The molecule has 0 fully saturated rings. The minimum Gasteiger partial charge on any atom is -0.326 e. The lowest BCUT2D eigenvalue weighted by Gasteiger charge is -2.17. The maximum Gasteiger partial charge on any atom is 0.255 e. The van der Waals surface area contributed by atoms with Crippen LogP contribution in [-0.2, 0) is 11.2 Å². The molecule has 3 aromatic rings. The van der Waals surface area contributed by atoms with Crippen LogP contribution < -0.4 is 10.6 Å². The molecule has 0 atom stereocenters. The number of nitrogens with zero attached hydrogens (tertiary/aromatic N) is 2. The van der Waals surface area contributed by atoms with Gasteiger partial charge in [0.1, 0.15) is 0 Å². The summed E-state index contributed by atoms with van der Waals surface area (Å²) in [7, 11) is 0. The predicted molar refractivity (Wildman–Crippen MR) is 109 cm³/mol. The van der Waals surface area contributed by atoms with Crippen molar-refractivity contribution in [3.05, 3.63) is 70.5 Å². The lowest BCUT2D eigenvalue weighted by molar-refractivity contribution is -0.116. The molecular weight excluding hydrogens is 352 g/mol. The standard InChI is InChI=1S/C22H22N4O2/c1-13-4-5-14(2)20(10-13)26-15(3)19(12-23-26)25-22(28)17-6-8-18-16(11-17)7-9-21(27)24-18/h4-6,8,10-12H,7,9H2,1-3H3,(H,24,27)(H,25,28). The molecule has 1 aromatic heterocycles. The largest absolute Gasteiger partial charge is 0.326 e. The molecule has 6 nitrogen and oxygen atoms in total. The van der Waals surface area contributed by atoms with Crippen LogP contribution in [0, 0.1) is 20.8 Å². The minimum absolute atomic E-state index is 0.0131. The minimum atomic E-state index is -0.191. The van der Waals surface area contributed by atoms with E-state index in [9.17, 15) is 9.59 Å². The van der Waals surface area contributed by atoms with E-state index in [1.807, 2.05) is 31.5 Å². The topological polar surface area (TPSA) is 76.0 Å². The Morgan fingerprint density at radius 2 is 1.93 bits per heavy atom. The van der Waals surface area contributed by atoms with E-state index in [0.717, 1.165) is 33.8 Å². The lowest BCUT2D eigenvalue weighted by Crippen LogP contribution is -2.20. The van der Waals surface area contributed by atoms with Gasteiger partial charge in [-0.05, 0) is 68.1 Å². The number of nitrogens with one attached hydrogen (secondary N) is 2. The summed E-state index contributed by atoms with van der Waals surface area (Å²) >= 11 is 0. The maximum atomic E-state index is 12.7. The molecule has 2 heterocycles. The van der Waals surface area contributed by atoms with E-state index >= 15 is 0 Å². The molecule has 0 saturated heterocycles. The summed E-state index contributed by atoms with van der Waals surface area (Å²) < 4.78 is 1.85. The first-order valence-electron chi connectivity index (χ1n) is 9.29. The monoisotopic (exact) mass is 374 g/mol. The van der Waals surface area contributed by atoms with Crippen molar-refractivity contribution < 1.29 is 9.59 Å².